The van der Waals surface area contributed by atoms with Crippen LogP contribution in [0.4, 0.5) is 4.79 Å². The second-order valence-corrected chi connectivity index (χ2v) is 6.41. The third kappa shape index (κ3) is 3.60. The molecule has 1 fully saturated rings. The summed E-state index contributed by atoms with van der Waals surface area (Å²) in [5, 5.41) is 3.08. The van der Waals surface area contributed by atoms with Gasteiger partial charge in [0.15, 0.2) is 0 Å². The Hall–Kier alpha value is -2.57. The van der Waals surface area contributed by atoms with Crippen molar-refractivity contribution in [2.45, 2.75) is 39.7 Å². The van der Waals surface area contributed by atoms with Gasteiger partial charge in [-0.3, -0.25) is 9.20 Å². The van der Waals surface area contributed by atoms with E-state index in [0.717, 1.165) is 24.1 Å². The molecule has 0 atom stereocenters. The molecule has 0 spiro atoms. The predicted molar refractivity (Wildman–Crippen MR) is 93.7 cm³/mol. The van der Waals surface area contributed by atoms with Crippen LogP contribution < -0.4 is 5.32 Å². The highest BCUT2D eigenvalue weighted by atomic mass is 16.6. The SMILES string of the molecule is CCOC(=O)N1CCC(NC(=O)c2c(C)nc3cc(C)ccn23)CC1. The Morgan fingerprint density at radius 1 is 1.32 bits per heavy atom. The number of hydrogen-bond acceptors (Lipinski definition) is 4. The number of nitrogens with zero attached hydrogens (tertiary/aromatic N) is 3. The molecule has 134 valence electrons. The van der Waals surface area contributed by atoms with E-state index in [0.29, 0.717) is 31.1 Å². The van der Waals surface area contributed by atoms with Gasteiger partial charge in [-0.2, -0.15) is 0 Å². The van der Waals surface area contributed by atoms with E-state index in [4.69, 9.17) is 4.74 Å². The highest BCUT2D eigenvalue weighted by Gasteiger charge is 2.26. The highest BCUT2D eigenvalue weighted by molar-refractivity contribution is 5.94. The standard InChI is InChI=1S/C18H24N4O3/c1-4-25-18(24)21-8-6-14(7-9-21)20-17(23)16-13(3)19-15-11-12(2)5-10-22(15)16/h5,10-11,14H,4,6-9H2,1-3H3,(H,20,23). The quantitative estimate of drug-likeness (QED) is 0.927. The predicted octanol–water partition coefficient (Wildman–Crippen LogP) is 2.30. The van der Waals surface area contributed by atoms with Gasteiger partial charge in [-0.15, -0.1) is 0 Å². The Bertz CT molecular complexity index is 791. The lowest BCUT2D eigenvalue weighted by molar-refractivity contribution is 0.0855. The Labute approximate surface area is 147 Å². The minimum absolute atomic E-state index is 0.0496. The lowest BCUT2D eigenvalue weighted by atomic mass is 10.1. The number of likely N-dealkylation sites (tertiary alicyclic amines) is 1. The fourth-order valence-electron chi connectivity index (χ4n) is 3.21. The molecule has 3 rings (SSSR count). The first-order valence-corrected chi connectivity index (χ1v) is 8.67. The van der Waals surface area contributed by atoms with Crippen LogP contribution in [0.5, 0.6) is 0 Å². The summed E-state index contributed by atoms with van der Waals surface area (Å²) in [6, 6.07) is 3.97. The fourth-order valence-corrected chi connectivity index (χ4v) is 3.21. The third-order valence-electron chi connectivity index (χ3n) is 4.53. The first-order chi connectivity index (χ1) is 12.0. The molecule has 0 aromatic carbocycles. The summed E-state index contributed by atoms with van der Waals surface area (Å²) in [4.78, 5) is 30.6. The van der Waals surface area contributed by atoms with Crippen molar-refractivity contribution in [3.05, 3.63) is 35.3 Å². The number of imidazole rings is 1. The van der Waals surface area contributed by atoms with E-state index in [2.05, 4.69) is 10.3 Å². The Morgan fingerprint density at radius 3 is 2.72 bits per heavy atom. The van der Waals surface area contributed by atoms with Crippen LogP contribution >= 0.6 is 0 Å². The number of hydrogen-bond donors (Lipinski definition) is 1. The molecule has 7 nitrogen and oxygen atoms in total. The van der Waals surface area contributed by atoms with Crippen LogP contribution in [0.3, 0.4) is 0 Å². The summed E-state index contributed by atoms with van der Waals surface area (Å²) < 4.78 is 6.84. The average Bonchev–Trinajstić information content (AvgIpc) is 2.90. The maximum atomic E-state index is 12.7. The van der Waals surface area contributed by atoms with Crippen LogP contribution in [0.15, 0.2) is 18.3 Å². The van der Waals surface area contributed by atoms with E-state index in [1.165, 1.54) is 0 Å². The molecule has 0 saturated carbocycles. The zero-order valence-electron chi connectivity index (χ0n) is 14.9. The normalized spacial score (nSPS) is 15.4. The molecule has 0 aliphatic carbocycles. The summed E-state index contributed by atoms with van der Waals surface area (Å²) >= 11 is 0. The van der Waals surface area contributed by atoms with Crippen LogP contribution in [-0.4, -0.2) is 52.0 Å². The number of aryl methyl sites for hydroxylation is 2. The van der Waals surface area contributed by atoms with Gasteiger partial charge in [0.1, 0.15) is 11.3 Å². The number of amides is 2. The summed E-state index contributed by atoms with van der Waals surface area (Å²) in [5.41, 5.74) is 3.17. The number of piperidine rings is 1. The van der Waals surface area contributed by atoms with E-state index in [9.17, 15) is 9.59 Å². The first kappa shape index (κ1) is 17.3. The molecule has 2 aromatic rings. The minimum atomic E-state index is -0.278. The maximum Gasteiger partial charge on any atom is 0.409 e. The van der Waals surface area contributed by atoms with Crippen LogP contribution in [0.25, 0.3) is 5.65 Å². The van der Waals surface area contributed by atoms with Crippen molar-refractivity contribution in [1.82, 2.24) is 19.6 Å². The number of rotatable bonds is 3. The van der Waals surface area contributed by atoms with Crippen LogP contribution in [-0.2, 0) is 4.74 Å². The fraction of sp³-hybridized carbons (Fsp3) is 0.500. The van der Waals surface area contributed by atoms with Gasteiger partial charge in [-0.1, -0.05) is 0 Å². The number of nitrogens with one attached hydrogen (secondary N) is 1. The number of carbonyl (C=O) groups is 2. The number of aromatic nitrogens is 2. The number of ether oxygens (including phenoxy) is 1. The van der Waals surface area contributed by atoms with Crippen molar-refractivity contribution in [3.63, 3.8) is 0 Å². The van der Waals surface area contributed by atoms with Crippen molar-refractivity contribution in [3.8, 4) is 0 Å². The van der Waals surface area contributed by atoms with Gasteiger partial charge in [0.2, 0.25) is 0 Å². The van der Waals surface area contributed by atoms with Gasteiger partial charge in [-0.05, 0) is 51.3 Å². The monoisotopic (exact) mass is 344 g/mol. The van der Waals surface area contributed by atoms with Gasteiger partial charge in [0.25, 0.3) is 5.91 Å². The van der Waals surface area contributed by atoms with Gasteiger partial charge >= 0.3 is 6.09 Å². The molecule has 2 aromatic heterocycles. The largest absolute Gasteiger partial charge is 0.450 e. The van der Waals surface area contributed by atoms with E-state index in [1.54, 1.807) is 11.8 Å². The summed E-state index contributed by atoms with van der Waals surface area (Å²) in [5.74, 6) is -0.122. The molecule has 0 radical (unpaired) electrons. The molecule has 1 saturated heterocycles. The number of carbonyl (C=O) groups excluding carboxylic acids is 2. The smallest absolute Gasteiger partial charge is 0.409 e. The van der Waals surface area contributed by atoms with E-state index in [-0.39, 0.29) is 18.0 Å². The molecule has 1 aliphatic heterocycles. The molecule has 0 unspecified atom stereocenters. The van der Waals surface area contributed by atoms with E-state index < -0.39 is 0 Å². The molecule has 3 heterocycles. The Morgan fingerprint density at radius 2 is 2.04 bits per heavy atom. The van der Waals surface area contributed by atoms with Gasteiger partial charge in [-0.25, -0.2) is 9.78 Å². The average molecular weight is 344 g/mol. The Balaban J connectivity index is 1.66. The van der Waals surface area contributed by atoms with E-state index in [1.807, 2.05) is 36.6 Å². The summed E-state index contributed by atoms with van der Waals surface area (Å²) in [6.07, 6.45) is 3.04. The van der Waals surface area contributed by atoms with Gasteiger partial charge in [0, 0.05) is 25.3 Å². The number of fused-ring (bicyclic) bond motifs is 1. The lowest BCUT2D eigenvalue weighted by Gasteiger charge is -2.31. The van der Waals surface area contributed by atoms with Crippen molar-refractivity contribution in [2.24, 2.45) is 0 Å². The summed E-state index contributed by atoms with van der Waals surface area (Å²) in [6.45, 7) is 7.21. The molecule has 1 N–H and O–H groups in total. The Kier molecular flexibility index (Phi) is 4.92. The van der Waals surface area contributed by atoms with E-state index >= 15 is 0 Å². The molecule has 1 aliphatic rings. The summed E-state index contributed by atoms with van der Waals surface area (Å²) in [7, 11) is 0. The maximum absolute atomic E-state index is 12.7. The van der Waals surface area contributed by atoms with Crippen molar-refractivity contribution >= 4 is 17.6 Å². The minimum Gasteiger partial charge on any atom is -0.450 e. The molecular weight excluding hydrogens is 320 g/mol. The molecule has 2 amide bonds. The van der Waals surface area contributed by atoms with Crippen LogP contribution in [0.2, 0.25) is 0 Å². The highest BCUT2D eigenvalue weighted by Crippen LogP contribution is 2.16. The van der Waals surface area contributed by atoms with Crippen LogP contribution in [0.1, 0.15) is 41.5 Å². The first-order valence-electron chi connectivity index (χ1n) is 8.67. The topological polar surface area (TPSA) is 75.9 Å². The zero-order valence-corrected chi connectivity index (χ0v) is 14.9. The van der Waals surface area contributed by atoms with Crippen molar-refractivity contribution < 1.29 is 14.3 Å². The third-order valence-corrected chi connectivity index (χ3v) is 4.53. The molecule has 7 heteroatoms. The van der Waals surface area contributed by atoms with Crippen molar-refractivity contribution in [1.29, 1.82) is 0 Å². The molecular formula is C18H24N4O3. The zero-order chi connectivity index (χ0) is 18.0. The van der Waals surface area contributed by atoms with Crippen molar-refractivity contribution in [2.75, 3.05) is 19.7 Å². The molecule has 0 bridgehead atoms. The molecule has 25 heavy (non-hydrogen) atoms. The number of pyridine rings is 1. The van der Waals surface area contributed by atoms with Crippen LogP contribution in [0, 0.1) is 13.8 Å². The van der Waals surface area contributed by atoms with Gasteiger partial charge < -0.3 is 15.0 Å². The second kappa shape index (κ2) is 7.13. The lowest BCUT2D eigenvalue weighted by Crippen LogP contribution is -2.47. The van der Waals surface area contributed by atoms with Gasteiger partial charge in [0.05, 0.1) is 12.3 Å². The second-order valence-electron chi connectivity index (χ2n) is 6.41.